The van der Waals surface area contributed by atoms with Crippen LogP contribution in [0.25, 0.3) is 0 Å². The van der Waals surface area contributed by atoms with Gasteiger partial charge in [-0.1, -0.05) is 44.2 Å². The van der Waals surface area contributed by atoms with Crippen LogP contribution in [0.15, 0.2) is 54.6 Å². The van der Waals surface area contributed by atoms with E-state index in [9.17, 15) is 39.0 Å². The zero-order chi connectivity index (χ0) is 32.1. The first kappa shape index (κ1) is 34.3. The fraction of sp³-hybridized carbons (Fsp3) is 0.400. The lowest BCUT2D eigenvalue weighted by Gasteiger charge is -2.27. The summed E-state index contributed by atoms with van der Waals surface area (Å²) in [6.07, 6.45) is -0.608. The number of rotatable bonds is 16. The number of aliphatic carboxylic acids is 1. The maximum atomic E-state index is 13.1. The minimum absolute atomic E-state index is 0.0399. The number of ether oxygens (including phenoxy) is 1. The van der Waals surface area contributed by atoms with Gasteiger partial charge in [-0.05, 0) is 42.7 Å². The van der Waals surface area contributed by atoms with E-state index in [1.54, 1.807) is 56.3 Å². The van der Waals surface area contributed by atoms with Crippen LogP contribution in [-0.2, 0) is 35.2 Å². The van der Waals surface area contributed by atoms with Gasteiger partial charge in [0.2, 0.25) is 23.6 Å². The van der Waals surface area contributed by atoms with E-state index in [0.29, 0.717) is 11.3 Å². The SMILES string of the molecule is CC(=O)N[C@@H](Cc1ccc(O)cc1)C(=O)N[C@H](C(=O)N[C@@H](C)C(=O)NC(CC(=O)O)C(=O)COc1ccccc1)C(C)C. The zero-order valence-corrected chi connectivity index (χ0v) is 24.5. The van der Waals surface area contributed by atoms with Crippen molar-refractivity contribution in [1.82, 2.24) is 21.3 Å². The van der Waals surface area contributed by atoms with Crippen LogP contribution < -0.4 is 26.0 Å². The van der Waals surface area contributed by atoms with Crippen LogP contribution in [0.4, 0.5) is 0 Å². The highest BCUT2D eigenvalue weighted by molar-refractivity contribution is 5.96. The molecule has 0 spiro atoms. The molecule has 0 aliphatic heterocycles. The van der Waals surface area contributed by atoms with E-state index < -0.39 is 78.5 Å². The second kappa shape index (κ2) is 16.5. The summed E-state index contributed by atoms with van der Waals surface area (Å²) in [5.41, 5.74) is 0.655. The van der Waals surface area contributed by atoms with Gasteiger partial charge in [-0.2, -0.15) is 0 Å². The molecule has 0 aliphatic rings. The lowest BCUT2D eigenvalue weighted by atomic mass is 10.0. The molecule has 6 N–H and O–H groups in total. The zero-order valence-electron chi connectivity index (χ0n) is 24.5. The molecule has 232 valence electrons. The fourth-order valence-electron chi connectivity index (χ4n) is 3.97. The smallest absolute Gasteiger partial charge is 0.305 e. The van der Waals surface area contributed by atoms with Crippen molar-refractivity contribution >= 4 is 35.4 Å². The summed E-state index contributed by atoms with van der Waals surface area (Å²) in [6.45, 7) is 5.47. The Hall–Kier alpha value is -4.94. The monoisotopic (exact) mass is 598 g/mol. The number of phenols is 1. The van der Waals surface area contributed by atoms with Gasteiger partial charge in [-0.25, -0.2) is 0 Å². The molecule has 2 rings (SSSR count). The first-order valence-electron chi connectivity index (χ1n) is 13.6. The van der Waals surface area contributed by atoms with Crippen molar-refractivity contribution in [3.05, 3.63) is 60.2 Å². The maximum absolute atomic E-state index is 13.1. The van der Waals surface area contributed by atoms with Gasteiger partial charge < -0.3 is 36.2 Å². The van der Waals surface area contributed by atoms with Gasteiger partial charge in [-0.3, -0.25) is 28.8 Å². The number of benzene rings is 2. The molecule has 13 heteroatoms. The standard InChI is InChI=1S/C30H38N4O9/c1-17(2)27(34-29(41)24(32-19(4)35)14-20-10-12-21(36)13-11-20)30(42)31-18(3)28(40)33-23(15-26(38)39)25(37)16-43-22-8-6-5-7-9-22/h5-13,17-18,23-24,27,36H,14-16H2,1-4H3,(H,31,42)(H,32,35)(H,33,40)(H,34,41)(H,38,39)/t18-,23?,24-,27-/m0/s1. The Labute approximate surface area is 249 Å². The minimum Gasteiger partial charge on any atom is -0.508 e. The Morgan fingerprint density at radius 3 is 1.95 bits per heavy atom. The van der Waals surface area contributed by atoms with Crippen molar-refractivity contribution in [2.24, 2.45) is 5.92 Å². The number of carbonyl (C=O) groups is 6. The summed E-state index contributed by atoms with van der Waals surface area (Å²) in [7, 11) is 0. The van der Waals surface area contributed by atoms with Gasteiger partial charge in [0, 0.05) is 13.3 Å². The molecule has 4 amide bonds. The maximum Gasteiger partial charge on any atom is 0.305 e. The number of nitrogens with one attached hydrogen (secondary N) is 4. The molecule has 0 saturated heterocycles. The van der Waals surface area contributed by atoms with Gasteiger partial charge in [0.15, 0.2) is 5.78 Å². The molecule has 0 heterocycles. The predicted molar refractivity (Wildman–Crippen MR) is 155 cm³/mol. The summed E-state index contributed by atoms with van der Waals surface area (Å²) in [6, 6.07) is 9.72. The molecule has 0 fully saturated rings. The molecular formula is C30H38N4O9. The normalized spacial score (nSPS) is 13.5. The van der Waals surface area contributed by atoms with Gasteiger partial charge in [0.1, 0.15) is 42.3 Å². The summed E-state index contributed by atoms with van der Waals surface area (Å²) >= 11 is 0. The Morgan fingerprint density at radius 1 is 0.767 bits per heavy atom. The number of hydrogen-bond acceptors (Lipinski definition) is 8. The van der Waals surface area contributed by atoms with Crippen molar-refractivity contribution in [2.75, 3.05) is 6.61 Å². The highest BCUT2D eigenvalue weighted by Gasteiger charge is 2.31. The van der Waals surface area contributed by atoms with Crippen LogP contribution in [0.2, 0.25) is 0 Å². The first-order valence-corrected chi connectivity index (χ1v) is 13.6. The quantitative estimate of drug-likeness (QED) is 0.161. The molecule has 0 aliphatic carbocycles. The number of Topliss-reactive ketones (excluding diaryl/α,β-unsaturated/α-hetero) is 1. The van der Waals surface area contributed by atoms with Gasteiger partial charge in [-0.15, -0.1) is 0 Å². The molecule has 0 aromatic heterocycles. The van der Waals surface area contributed by atoms with Crippen LogP contribution in [-0.4, -0.2) is 76.4 Å². The first-order chi connectivity index (χ1) is 20.3. The third-order valence-corrected chi connectivity index (χ3v) is 6.28. The third-order valence-electron chi connectivity index (χ3n) is 6.28. The lowest BCUT2D eigenvalue weighted by molar-refractivity contribution is -0.141. The molecule has 0 radical (unpaired) electrons. The van der Waals surface area contributed by atoms with E-state index in [0.717, 1.165) is 0 Å². The van der Waals surface area contributed by atoms with E-state index in [4.69, 9.17) is 4.74 Å². The van der Waals surface area contributed by atoms with E-state index >= 15 is 0 Å². The molecule has 0 saturated carbocycles. The van der Waals surface area contributed by atoms with Crippen molar-refractivity contribution in [2.45, 2.75) is 64.7 Å². The van der Waals surface area contributed by atoms with Gasteiger partial charge in [0.05, 0.1) is 6.42 Å². The Bertz CT molecular complexity index is 1280. The van der Waals surface area contributed by atoms with Crippen molar-refractivity contribution in [3.63, 3.8) is 0 Å². The molecule has 2 aromatic rings. The summed E-state index contributed by atoms with van der Waals surface area (Å²) in [5.74, 6) is -4.62. The molecular weight excluding hydrogens is 560 g/mol. The number of para-hydroxylation sites is 1. The van der Waals surface area contributed by atoms with Crippen LogP contribution in [0.1, 0.15) is 39.7 Å². The van der Waals surface area contributed by atoms with E-state index in [2.05, 4.69) is 21.3 Å². The second-order valence-electron chi connectivity index (χ2n) is 10.3. The Morgan fingerprint density at radius 2 is 1.40 bits per heavy atom. The number of carboxylic acids is 1. The molecule has 13 nitrogen and oxygen atoms in total. The summed E-state index contributed by atoms with van der Waals surface area (Å²) < 4.78 is 5.38. The van der Waals surface area contributed by atoms with Crippen LogP contribution in [0.3, 0.4) is 0 Å². The van der Waals surface area contributed by atoms with Gasteiger partial charge in [0.25, 0.3) is 0 Å². The van der Waals surface area contributed by atoms with Crippen molar-refractivity contribution in [1.29, 1.82) is 0 Å². The molecule has 4 atom stereocenters. The van der Waals surface area contributed by atoms with Crippen LogP contribution in [0, 0.1) is 5.92 Å². The fourth-order valence-corrected chi connectivity index (χ4v) is 3.97. The number of aromatic hydroxyl groups is 1. The lowest BCUT2D eigenvalue weighted by Crippen LogP contribution is -2.58. The number of phenolic OH excluding ortho intramolecular Hbond substituents is 1. The largest absolute Gasteiger partial charge is 0.508 e. The topological polar surface area (TPSA) is 200 Å². The Balaban J connectivity index is 2.05. The summed E-state index contributed by atoms with van der Waals surface area (Å²) in [4.78, 5) is 74.9. The molecule has 43 heavy (non-hydrogen) atoms. The average molecular weight is 599 g/mol. The van der Waals surface area contributed by atoms with Crippen molar-refractivity contribution in [3.8, 4) is 11.5 Å². The number of ketones is 1. The van der Waals surface area contributed by atoms with Crippen LogP contribution in [0.5, 0.6) is 11.5 Å². The van der Waals surface area contributed by atoms with E-state index in [1.165, 1.54) is 26.0 Å². The minimum atomic E-state index is -1.41. The number of carbonyl (C=O) groups excluding carboxylic acids is 5. The molecule has 2 aromatic carbocycles. The van der Waals surface area contributed by atoms with Gasteiger partial charge >= 0.3 is 5.97 Å². The summed E-state index contributed by atoms with van der Waals surface area (Å²) in [5, 5.41) is 28.8. The molecule has 0 bridgehead atoms. The highest BCUT2D eigenvalue weighted by atomic mass is 16.5. The number of carboxylic acid groups (broad SMARTS) is 1. The number of amides is 4. The van der Waals surface area contributed by atoms with E-state index in [1.807, 2.05) is 0 Å². The third kappa shape index (κ3) is 11.8. The predicted octanol–water partition coefficient (Wildman–Crippen LogP) is 0.693. The number of hydrogen-bond donors (Lipinski definition) is 6. The Kier molecular flexibility index (Phi) is 13.1. The van der Waals surface area contributed by atoms with Crippen molar-refractivity contribution < 1.29 is 43.7 Å². The average Bonchev–Trinajstić information content (AvgIpc) is 2.94. The highest BCUT2D eigenvalue weighted by Crippen LogP contribution is 2.13. The molecule has 1 unspecified atom stereocenters. The van der Waals surface area contributed by atoms with E-state index in [-0.39, 0.29) is 12.2 Å². The second-order valence-corrected chi connectivity index (χ2v) is 10.3. The van der Waals surface area contributed by atoms with Crippen LogP contribution >= 0.6 is 0 Å².